The first-order chi connectivity index (χ1) is 13.0. The molecule has 2 aromatic rings. The smallest absolute Gasteiger partial charge is 0.331 e. The summed E-state index contributed by atoms with van der Waals surface area (Å²) in [5.41, 5.74) is 1.45. The highest BCUT2D eigenvalue weighted by Crippen LogP contribution is 2.10. The fraction of sp³-hybridized carbons (Fsp3) is 0.150. The van der Waals surface area contributed by atoms with E-state index in [4.69, 9.17) is 4.74 Å². The van der Waals surface area contributed by atoms with Crippen LogP contribution in [0.5, 0.6) is 0 Å². The molecule has 7 heteroatoms. The van der Waals surface area contributed by atoms with Crippen LogP contribution in [0.1, 0.15) is 22.8 Å². The summed E-state index contributed by atoms with van der Waals surface area (Å²) in [6.07, 6.45) is 2.60. The summed E-state index contributed by atoms with van der Waals surface area (Å²) in [5, 5.41) is 5.22. The van der Waals surface area contributed by atoms with Crippen LogP contribution in [0.3, 0.4) is 0 Å². The number of benzene rings is 2. The number of esters is 1. The van der Waals surface area contributed by atoms with Crippen LogP contribution in [0.2, 0.25) is 0 Å². The summed E-state index contributed by atoms with van der Waals surface area (Å²) in [7, 11) is 0. The summed E-state index contributed by atoms with van der Waals surface area (Å²) in [6.45, 7) is 1.83. The van der Waals surface area contributed by atoms with E-state index in [2.05, 4.69) is 10.6 Å². The molecule has 140 valence electrons. The summed E-state index contributed by atoms with van der Waals surface area (Å²) in [5.74, 6) is -1.86. The molecule has 0 aliphatic rings. The van der Waals surface area contributed by atoms with Crippen LogP contribution in [-0.2, 0) is 14.3 Å². The second-order valence-corrected chi connectivity index (χ2v) is 5.48. The summed E-state index contributed by atoms with van der Waals surface area (Å²) < 4.78 is 17.6. The normalized spacial score (nSPS) is 10.4. The quantitative estimate of drug-likeness (QED) is 0.580. The molecule has 0 radical (unpaired) electrons. The van der Waals surface area contributed by atoms with Crippen LogP contribution in [-0.4, -0.2) is 30.9 Å². The topological polar surface area (TPSA) is 84.5 Å². The van der Waals surface area contributed by atoms with Crippen molar-refractivity contribution in [3.8, 4) is 0 Å². The lowest BCUT2D eigenvalue weighted by atomic mass is 10.2. The molecule has 2 amide bonds. The Hall–Kier alpha value is -3.48. The third-order valence-corrected chi connectivity index (χ3v) is 3.37. The molecule has 6 nitrogen and oxygen atoms in total. The first kappa shape index (κ1) is 19.8. The third-order valence-electron chi connectivity index (χ3n) is 3.37. The zero-order chi connectivity index (χ0) is 19.6. The maximum absolute atomic E-state index is 12.8. The van der Waals surface area contributed by atoms with Gasteiger partial charge in [0.05, 0.1) is 0 Å². The molecule has 2 rings (SSSR count). The molecule has 0 bridgehead atoms. The van der Waals surface area contributed by atoms with Gasteiger partial charge in [-0.25, -0.2) is 9.18 Å². The van der Waals surface area contributed by atoms with E-state index >= 15 is 0 Å². The Bertz CT molecular complexity index is 847. The van der Waals surface area contributed by atoms with Crippen molar-refractivity contribution in [2.75, 3.05) is 18.5 Å². The van der Waals surface area contributed by atoms with E-state index in [0.717, 1.165) is 6.08 Å². The number of hydrogen-bond acceptors (Lipinski definition) is 4. The van der Waals surface area contributed by atoms with Gasteiger partial charge in [0, 0.05) is 23.9 Å². The maximum Gasteiger partial charge on any atom is 0.331 e. The molecule has 0 aliphatic heterocycles. The Morgan fingerprint density at radius 2 is 1.85 bits per heavy atom. The van der Waals surface area contributed by atoms with Gasteiger partial charge in [0.25, 0.3) is 11.8 Å². The number of halogens is 1. The Morgan fingerprint density at radius 1 is 1.11 bits per heavy atom. The molecule has 0 spiro atoms. The highest BCUT2D eigenvalue weighted by atomic mass is 19.1. The van der Waals surface area contributed by atoms with E-state index in [-0.39, 0.29) is 11.7 Å². The van der Waals surface area contributed by atoms with E-state index in [1.165, 1.54) is 36.4 Å². The lowest BCUT2D eigenvalue weighted by molar-refractivity contribution is -0.142. The Morgan fingerprint density at radius 3 is 2.56 bits per heavy atom. The van der Waals surface area contributed by atoms with Crippen LogP contribution in [0.15, 0.2) is 54.6 Å². The standard InChI is InChI=1S/C20H19FN2O4/c1-2-22-20(26)15-4-3-5-17(12-15)23-18(24)13-27-19(25)11-8-14-6-9-16(21)10-7-14/h3-12H,2,13H2,1H3,(H,22,26)(H,23,24)/b11-8+. The fourth-order valence-electron chi connectivity index (χ4n) is 2.12. The first-order valence-corrected chi connectivity index (χ1v) is 8.26. The predicted octanol–water partition coefficient (Wildman–Crippen LogP) is 2.77. The van der Waals surface area contributed by atoms with Gasteiger partial charge in [-0.15, -0.1) is 0 Å². The second-order valence-electron chi connectivity index (χ2n) is 5.48. The van der Waals surface area contributed by atoms with Gasteiger partial charge in [-0.2, -0.15) is 0 Å². The lowest BCUT2D eigenvalue weighted by Gasteiger charge is -2.07. The fourth-order valence-corrected chi connectivity index (χ4v) is 2.12. The molecule has 0 heterocycles. The number of carbonyl (C=O) groups is 3. The van der Waals surface area contributed by atoms with Crippen molar-refractivity contribution in [3.05, 3.63) is 71.6 Å². The van der Waals surface area contributed by atoms with Crippen LogP contribution >= 0.6 is 0 Å². The second kappa shape index (κ2) is 9.86. The first-order valence-electron chi connectivity index (χ1n) is 8.26. The number of carbonyl (C=O) groups excluding carboxylic acids is 3. The number of ether oxygens (including phenoxy) is 1. The van der Waals surface area contributed by atoms with Crippen molar-refractivity contribution in [1.29, 1.82) is 0 Å². The molecular weight excluding hydrogens is 351 g/mol. The highest BCUT2D eigenvalue weighted by Gasteiger charge is 2.08. The molecule has 2 N–H and O–H groups in total. The van der Waals surface area contributed by atoms with Gasteiger partial charge in [0.2, 0.25) is 0 Å². The van der Waals surface area contributed by atoms with Crippen molar-refractivity contribution in [2.24, 2.45) is 0 Å². The van der Waals surface area contributed by atoms with E-state index in [1.807, 2.05) is 6.92 Å². The van der Waals surface area contributed by atoms with Gasteiger partial charge in [-0.05, 0) is 48.9 Å². The van der Waals surface area contributed by atoms with E-state index < -0.39 is 18.5 Å². The maximum atomic E-state index is 12.8. The van der Waals surface area contributed by atoms with Gasteiger partial charge in [0.15, 0.2) is 6.61 Å². The Kier molecular flexibility index (Phi) is 7.25. The molecule has 0 aromatic heterocycles. The minimum absolute atomic E-state index is 0.244. The van der Waals surface area contributed by atoms with Gasteiger partial charge in [-0.3, -0.25) is 9.59 Å². The molecule has 2 aromatic carbocycles. The average Bonchev–Trinajstić information content (AvgIpc) is 2.66. The lowest BCUT2D eigenvalue weighted by Crippen LogP contribution is -2.23. The number of amides is 2. The van der Waals surface area contributed by atoms with Crippen LogP contribution in [0.4, 0.5) is 10.1 Å². The van der Waals surface area contributed by atoms with Gasteiger partial charge < -0.3 is 15.4 Å². The molecule has 0 fully saturated rings. The molecule has 0 unspecified atom stereocenters. The molecule has 0 aliphatic carbocycles. The largest absolute Gasteiger partial charge is 0.452 e. The number of nitrogens with one attached hydrogen (secondary N) is 2. The van der Waals surface area contributed by atoms with Crippen LogP contribution < -0.4 is 10.6 Å². The number of hydrogen-bond donors (Lipinski definition) is 2. The van der Waals surface area contributed by atoms with Gasteiger partial charge in [0.1, 0.15) is 5.82 Å². The van der Waals surface area contributed by atoms with E-state index in [0.29, 0.717) is 23.4 Å². The molecule has 0 saturated carbocycles. The summed E-state index contributed by atoms with van der Waals surface area (Å²) >= 11 is 0. The monoisotopic (exact) mass is 370 g/mol. The van der Waals surface area contributed by atoms with Crippen molar-refractivity contribution in [2.45, 2.75) is 6.92 Å². The summed E-state index contributed by atoms with van der Waals surface area (Å²) in [4.78, 5) is 35.3. The zero-order valence-electron chi connectivity index (χ0n) is 14.7. The van der Waals surface area contributed by atoms with Crippen molar-refractivity contribution < 1.29 is 23.5 Å². The van der Waals surface area contributed by atoms with Crippen LogP contribution in [0, 0.1) is 5.82 Å². The zero-order valence-corrected chi connectivity index (χ0v) is 14.7. The number of rotatable bonds is 7. The van der Waals surface area contributed by atoms with Crippen LogP contribution in [0.25, 0.3) is 6.08 Å². The molecular formula is C20H19FN2O4. The minimum Gasteiger partial charge on any atom is -0.452 e. The third kappa shape index (κ3) is 6.74. The number of anilines is 1. The SMILES string of the molecule is CCNC(=O)c1cccc(NC(=O)COC(=O)/C=C/c2ccc(F)cc2)c1. The van der Waals surface area contributed by atoms with Gasteiger partial charge in [-0.1, -0.05) is 18.2 Å². The highest BCUT2D eigenvalue weighted by molar-refractivity contribution is 5.98. The summed E-state index contributed by atoms with van der Waals surface area (Å²) in [6, 6.07) is 12.0. The Balaban J connectivity index is 1.83. The predicted molar refractivity (Wildman–Crippen MR) is 99.5 cm³/mol. The molecule has 27 heavy (non-hydrogen) atoms. The Labute approximate surface area is 156 Å². The molecule has 0 saturated heterocycles. The van der Waals surface area contributed by atoms with Crippen molar-refractivity contribution in [3.63, 3.8) is 0 Å². The minimum atomic E-state index is -0.703. The molecule has 0 atom stereocenters. The van der Waals surface area contributed by atoms with E-state index in [1.54, 1.807) is 18.2 Å². The van der Waals surface area contributed by atoms with Crippen molar-refractivity contribution >= 4 is 29.5 Å². The average molecular weight is 370 g/mol. The van der Waals surface area contributed by atoms with E-state index in [9.17, 15) is 18.8 Å². The van der Waals surface area contributed by atoms with Crippen molar-refractivity contribution in [1.82, 2.24) is 5.32 Å². The van der Waals surface area contributed by atoms with Gasteiger partial charge >= 0.3 is 5.97 Å².